The topological polar surface area (TPSA) is 89.2 Å². The Morgan fingerprint density at radius 3 is 2.50 bits per heavy atom. The monoisotopic (exact) mass is 539 g/mol. The molecule has 7 nitrogen and oxygen atoms in total. The number of carbonyl (C=O) groups excluding carboxylic acids is 2. The fourth-order valence-corrected chi connectivity index (χ4v) is 5.09. The van der Waals surface area contributed by atoms with Crippen molar-refractivity contribution in [2.24, 2.45) is 0 Å². The largest absolute Gasteiger partial charge is 0.503 e. The quantitative estimate of drug-likeness (QED) is 0.157. The predicted molar refractivity (Wildman–Crippen MR) is 153 cm³/mol. The molecule has 1 amide bonds. The molecule has 0 spiro atoms. The van der Waals surface area contributed by atoms with E-state index in [-0.39, 0.29) is 11.3 Å². The lowest BCUT2D eigenvalue weighted by molar-refractivity contribution is -0.129. The number of carbonyl (C=O) groups is 2. The van der Waals surface area contributed by atoms with Gasteiger partial charge in [-0.15, -0.1) is 0 Å². The molecule has 0 saturated heterocycles. The second-order valence-electron chi connectivity index (χ2n) is 9.84. The van der Waals surface area contributed by atoms with Gasteiger partial charge in [-0.05, 0) is 48.2 Å². The summed E-state index contributed by atoms with van der Waals surface area (Å²) in [6, 6.07) is 23.3. The summed E-state index contributed by atoms with van der Waals surface area (Å²) in [4.78, 5) is 28.8. The predicted octanol–water partition coefficient (Wildman–Crippen LogP) is 6.83. The molecule has 0 fully saturated rings. The maximum atomic E-state index is 13.9. The van der Waals surface area contributed by atoms with Crippen molar-refractivity contribution >= 4 is 22.7 Å². The molecule has 3 aromatic carbocycles. The smallest absolute Gasteiger partial charge is 0.290 e. The molecule has 0 radical (unpaired) electrons. The van der Waals surface area contributed by atoms with E-state index in [1.54, 1.807) is 31.4 Å². The van der Waals surface area contributed by atoms with E-state index in [9.17, 15) is 14.7 Å². The van der Waals surface area contributed by atoms with Crippen molar-refractivity contribution in [3.63, 3.8) is 0 Å². The summed E-state index contributed by atoms with van der Waals surface area (Å²) in [6.45, 7) is 2.99. The van der Waals surface area contributed by atoms with Gasteiger partial charge in [-0.2, -0.15) is 0 Å². The van der Waals surface area contributed by atoms with Crippen molar-refractivity contribution in [2.75, 3.05) is 20.3 Å². The lowest BCUT2D eigenvalue weighted by Crippen LogP contribution is -2.33. The van der Waals surface area contributed by atoms with Gasteiger partial charge in [-0.3, -0.25) is 9.59 Å². The fourth-order valence-electron chi connectivity index (χ4n) is 5.09. The number of hydrogen-bond acceptors (Lipinski definition) is 6. The molecule has 4 aromatic rings. The van der Waals surface area contributed by atoms with Crippen LogP contribution in [0.15, 0.2) is 94.6 Å². The van der Waals surface area contributed by atoms with E-state index < -0.39 is 23.5 Å². The van der Waals surface area contributed by atoms with E-state index in [4.69, 9.17) is 13.9 Å². The van der Waals surface area contributed by atoms with Crippen LogP contribution < -0.4 is 9.47 Å². The van der Waals surface area contributed by atoms with Crippen LogP contribution in [-0.2, 0) is 11.2 Å². The number of amides is 1. The molecule has 1 unspecified atom stereocenters. The van der Waals surface area contributed by atoms with Crippen molar-refractivity contribution in [2.45, 2.75) is 38.6 Å². The van der Waals surface area contributed by atoms with Crippen molar-refractivity contribution in [3.8, 4) is 11.5 Å². The number of methoxy groups -OCH3 is 1. The molecule has 1 aliphatic heterocycles. The molecule has 1 aliphatic rings. The average molecular weight is 540 g/mol. The highest BCUT2D eigenvalue weighted by Crippen LogP contribution is 2.42. The van der Waals surface area contributed by atoms with Gasteiger partial charge in [0, 0.05) is 11.9 Å². The van der Waals surface area contributed by atoms with Crippen LogP contribution in [-0.4, -0.2) is 42.0 Å². The van der Waals surface area contributed by atoms with E-state index >= 15 is 0 Å². The van der Waals surface area contributed by atoms with Gasteiger partial charge in [0.25, 0.3) is 5.91 Å². The zero-order valence-corrected chi connectivity index (χ0v) is 22.8. The summed E-state index contributed by atoms with van der Waals surface area (Å²) in [7, 11) is 1.55. The highest BCUT2D eigenvalue weighted by Gasteiger charge is 2.44. The van der Waals surface area contributed by atoms with Gasteiger partial charge < -0.3 is 23.9 Å². The highest BCUT2D eigenvalue weighted by molar-refractivity contribution is 6.16. The van der Waals surface area contributed by atoms with Gasteiger partial charge in [-0.25, -0.2) is 0 Å². The van der Waals surface area contributed by atoms with Crippen molar-refractivity contribution < 1.29 is 28.6 Å². The van der Waals surface area contributed by atoms with Crippen LogP contribution in [0.5, 0.6) is 11.5 Å². The number of Topliss-reactive ketones (excluding diaryl/α,β-unsaturated/α-hetero) is 1. The summed E-state index contributed by atoms with van der Waals surface area (Å²) < 4.78 is 17.4. The molecule has 40 heavy (non-hydrogen) atoms. The first-order valence-electron chi connectivity index (χ1n) is 13.6. The molecular weight excluding hydrogens is 506 g/mol. The van der Waals surface area contributed by atoms with Gasteiger partial charge in [0.1, 0.15) is 5.58 Å². The van der Waals surface area contributed by atoms with Crippen LogP contribution >= 0.6 is 0 Å². The number of furan rings is 1. The molecule has 1 atom stereocenters. The minimum absolute atomic E-state index is 0.0178. The Morgan fingerprint density at radius 2 is 1.75 bits per heavy atom. The van der Waals surface area contributed by atoms with Gasteiger partial charge >= 0.3 is 0 Å². The molecule has 1 N–H and O–H groups in total. The van der Waals surface area contributed by atoms with Crippen LogP contribution in [0.2, 0.25) is 0 Å². The van der Waals surface area contributed by atoms with Gasteiger partial charge in [-0.1, -0.05) is 74.4 Å². The van der Waals surface area contributed by atoms with Crippen molar-refractivity contribution in [1.29, 1.82) is 0 Å². The second kappa shape index (κ2) is 12.1. The summed E-state index contributed by atoms with van der Waals surface area (Å²) in [5.41, 5.74) is 2.21. The molecule has 5 rings (SSSR count). The lowest BCUT2D eigenvalue weighted by Gasteiger charge is -2.27. The lowest BCUT2D eigenvalue weighted by atomic mass is 9.94. The van der Waals surface area contributed by atoms with E-state index in [1.165, 1.54) is 4.90 Å². The average Bonchev–Trinajstić information content (AvgIpc) is 3.53. The molecular formula is C33H33NO6. The standard InChI is InChI=1S/C33H33NO6/c1-3-4-10-19-39-26-16-15-24(21-27(26)38-2)30-29(31(35)28-20-23-13-8-9-14-25(23)40-28)32(36)33(37)34(30)18-17-22-11-6-5-7-12-22/h5-9,11-16,20-21,30,36H,3-4,10,17-19H2,1-2H3. The van der Waals surface area contributed by atoms with Crippen LogP contribution in [0, 0.1) is 0 Å². The fraction of sp³-hybridized carbons (Fsp3) is 0.273. The minimum Gasteiger partial charge on any atom is -0.503 e. The van der Waals surface area contributed by atoms with E-state index in [0.717, 1.165) is 30.2 Å². The molecule has 0 bridgehead atoms. The minimum atomic E-state index is -0.833. The molecule has 7 heteroatoms. The van der Waals surface area contributed by atoms with Gasteiger partial charge in [0.15, 0.2) is 23.0 Å². The number of unbranched alkanes of at least 4 members (excludes halogenated alkanes) is 2. The zero-order valence-electron chi connectivity index (χ0n) is 22.8. The Hall–Kier alpha value is -4.52. The molecule has 0 aliphatic carbocycles. The summed E-state index contributed by atoms with van der Waals surface area (Å²) in [5, 5.41) is 11.8. The molecule has 206 valence electrons. The number of hydrogen-bond donors (Lipinski definition) is 1. The first-order valence-corrected chi connectivity index (χ1v) is 13.6. The van der Waals surface area contributed by atoms with Crippen molar-refractivity contribution in [1.82, 2.24) is 4.90 Å². The molecule has 2 heterocycles. The number of ketones is 1. The SMILES string of the molecule is CCCCCOc1ccc(C2C(C(=O)c3cc4ccccc4o3)=C(O)C(=O)N2CCc2ccccc2)cc1OC. The number of rotatable bonds is 12. The number of ether oxygens (including phenoxy) is 2. The van der Waals surface area contributed by atoms with Crippen LogP contribution in [0.3, 0.4) is 0 Å². The number of aliphatic hydroxyl groups is 1. The summed E-state index contributed by atoms with van der Waals surface area (Å²) >= 11 is 0. The molecule has 1 aromatic heterocycles. The van der Waals surface area contributed by atoms with E-state index in [0.29, 0.717) is 42.2 Å². The first-order chi connectivity index (χ1) is 19.5. The van der Waals surface area contributed by atoms with Gasteiger partial charge in [0.2, 0.25) is 5.78 Å². The Bertz CT molecular complexity index is 1500. The third kappa shape index (κ3) is 5.45. The van der Waals surface area contributed by atoms with Gasteiger partial charge in [0.05, 0.1) is 25.3 Å². The number of nitrogens with zero attached hydrogens (tertiary/aromatic N) is 1. The highest BCUT2D eigenvalue weighted by atomic mass is 16.5. The van der Waals surface area contributed by atoms with Crippen LogP contribution in [0.4, 0.5) is 0 Å². The third-order valence-electron chi connectivity index (χ3n) is 7.19. The van der Waals surface area contributed by atoms with Crippen molar-refractivity contribution in [3.05, 3.63) is 107 Å². The normalized spacial score (nSPS) is 15.2. The number of aliphatic hydroxyl groups excluding tert-OH is 1. The van der Waals surface area contributed by atoms with Crippen LogP contribution in [0.25, 0.3) is 11.0 Å². The zero-order chi connectivity index (χ0) is 28.1. The Morgan fingerprint density at radius 1 is 0.975 bits per heavy atom. The second-order valence-corrected chi connectivity index (χ2v) is 9.84. The molecule has 0 saturated carbocycles. The third-order valence-corrected chi connectivity index (χ3v) is 7.19. The van der Waals surface area contributed by atoms with E-state index in [1.807, 2.05) is 54.6 Å². The maximum absolute atomic E-state index is 13.9. The summed E-state index contributed by atoms with van der Waals surface area (Å²) in [5.74, 6) is -0.560. The Kier molecular flexibility index (Phi) is 8.20. The first kappa shape index (κ1) is 27.1. The number of para-hydroxylation sites is 1. The Balaban J connectivity index is 1.52. The van der Waals surface area contributed by atoms with Crippen LogP contribution in [0.1, 0.15) is 53.9 Å². The Labute approximate surface area is 233 Å². The van der Waals surface area contributed by atoms with E-state index in [2.05, 4.69) is 6.92 Å². The number of benzene rings is 3. The number of fused-ring (bicyclic) bond motifs is 1. The maximum Gasteiger partial charge on any atom is 0.290 e. The summed E-state index contributed by atoms with van der Waals surface area (Å²) in [6.07, 6.45) is 3.64.